The largest absolute Gasteiger partial charge is 0.0616 e. The lowest BCUT2D eigenvalue weighted by Gasteiger charge is -2.19. The molecule has 0 aliphatic carbocycles. The van der Waals surface area contributed by atoms with Gasteiger partial charge >= 0.3 is 0 Å². The van der Waals surface area contributed by atoms with Crippen molar-refractivity contribution in [2.45, 2.75) is 0 Å². The molecule has 1 heteroatoms. The summed E-state index contributed by atoms with van der Waals surface area (Å²) in [5.41, 5.74) is 0. The molecule has 0 heterocycles. The number of rotatable bonds is 0. The fraction of sp³-hybridized carbons (Fsp3) is 0. The maximum absolute atomic E-state index is 3.93. The zero-order chi connectivity index (χ0) is 19.1. The van der Waals surface area contributed by atoms with Gasteiger partial charge in [0.15, 0.2) is 0 Å². The first-order valence-corrected chi connectivity index (χ1v) is 10.7. The molecule has 0 bridgehead atoms. The van der Waals surface area contributed by atoms with Crippen molar-refractivity contribution in [2.24, 2.45) is 0 Å². The van der Waals surface area contributed by atoms with E-state index in [1.165, 1.54) is 69.1 Å². The Morgan fingerprint density at radius 1 is 0.379 bits per heavy atom. The summed E-state index contributed by atoms with van der Waals surface area (Å²) < 4.78 is 1.18. The van der Waals surface area contributed by atoms with E-state index in [1.807, 2.05) is 0 Å². The van der Waals surface area contributed by atoms with Gasteiger partial charge in [-0.2, -0.15) is 0 Å². The molecule has 29 heavy (non-hydrogen) atoms. The normalized spacial score (nSPS) is 12.3. The standard InChI is InChI=1S/C28H15Br/c29-28-22-11-4-3-10-21(22)27-25-20(13-6-14-23(25)28)19-12-5-8-17-15-16-7-1-2-9-18(16)26(27)24(17)19/h1-15H. The number of benzene rings is 7. The van der Waals surface area contributed by atoms with Crippen molar-refractivity contribution in [3.05, 3.63) is 95.5 Å². The van der Waals surface area contributed by atoms with E-state index in [4.69, 9.17) is 0 Å². The molecule has 0 fully saturated rings. The summed E-state index contributed by atoms with van der Waals surface area (Å²) in [6, 6.07) is 33.4. The number of hydrogen-bond donors (Lipinski definition) is 0. The third kappa shape index (κ3) is 1.89. The maximum atomic E-state index is 3.93. The molecule has 7 aromatic carbocycles. The van der Waals surface area contributed by atoms with Crippen LogP contribution in [0.5, 0.6) is 0 Å². The second-order valence-electron chi connectivity index (χ2n) is 7.84. The third-order valence-electron chi connectivity index (χ3n) is 6.41. The average Bonchev–Trinajstić information content (AvgIpc) is 2.78. The van der Waals surface area contributed by atoms with Gasteiger partial charge in [0.05, 0.1) is 0 Å². The highest BCUT2D eigenvalue weighted by Crippen LogP contribution is 2.48. The minimum atomic E-state index is 1.18. The Hall–Kier alpha value is -3.16. The summed E-state index contributed by atoms with van der Waals surface area (Å²) in [7, 11) is 0. The summed E-state index contributed by atoms with van der Waals surface area (Å²) in [6.07, 6.45) is 0. The van der Waals surface area contributed by atoms with Gasteiger partial charge in [0.25, 0.3) is 0 Å². The molecule has 0 N–H and O–H groups in total. The molecule has 0 aliphatic rings. The molecule has 0 amide bonds. The van der Waals surface area contributed by atoms with Gasteiger partial charge in [-0.1, -0.05) is 84.9 Å². The Labute approximate surface area is 175 Å². The van der Waals surface area contributed by atoms with E-state index in [9.17, 15) is 0 Å². The fourth-order valence-electron chi connectivity index (χ4n) is 5.27. The van der Waals surface area contributed by atoms with Crippen LogP contribution in [-0.2, 0) is 0 Å². The lowest BCUT2D eigenvalue weighted by molar-refractivity contribution is 1.77. The Balaban J connectivity index is 2.03. The van der Waals surface area contributed by atoms with Crippen molar-refractivity contribution in [3.63, 3.8) is 0 Å². The van der Waals surface area contributed by atoms with Crippen molar-refractivity contribution in [1.29, 1.82) is 0 Å². The summed E-state index contributed by atoms with van der Waals surface area (Å²) >= 11 is 3.93. The Bertz CT molecular complexity index is 1760. The molecule has 7 aromatic rings. The summed E-state index contributed by atoms with van der Waals surface area (Å²) in [4.78, 5) is 0. The maximum Gasteiger partial charge on any atom is 0.0332 e. The monoisotopic (exact) mass is 430 g/mol. The Kier molecular flexibility index (Phi) is 2.96. The molecular weight excluding hydrogens is 416 g/mol. The average molecular weight is 431 g/mol. The molecule has 0 spiro atoms. The van der Waals surface area contributed by atoms with Crippen LogP contribution in [0.3, 0.4) is 0 Å². The molecule has 7 rings (SSSR count). The molecule has 0 saturated carbocycles. The first-order chi connectivity index (χ1) is 14.3. The van der Waals surface area contributed by atoms with Crippen LogP contribution in [0.25, 0.3) is 64.6 Å². The van der Waals surface area contributed by atoms with Gasteiger partial charge in [-0.15, -0.1) is 0 Å². The molecular formula is C28H15Br. The highest BCUT2D eigenvalue weighted by molar-refractivity contribution is 9.10. The van der Waals surface area contributed by atoms with E-state index < -0.39 is 0 Å². The van der Waals surface area contributed by atoms with Crippen LogP contribution in [0.1, 0.15) is 0 Å². The number of halogens is 1. The van der Waals surface area contributed by atoms with Crippen LogP contribution in [-0.4, -0.2) is 0 Å². The first kappa shape index (κ1) is 15.7. The summed E-state index contributed by atoms with van der Waals surface area (Å²) in [5.74, 6) is 0. The lowest BCUT2D eigenvalue weighted by Crippen LogP contribution is -1.91. The van der Waals surface area contributed by atoms with Crippen LogP contribution in [0.2, 0.25) is 0 Å². The van der Waals surface area contributed by atoms with Crippen molar-refractivity contribution < 1.29 is 0 Å². The van der Waals surface area contributed by atoms with Gasteiger partial charge in [0.2, 0.25) is 0 Å². The molecule has 0 unspecified atom stereocenters. The zero-order valence-corrected chi connectivity index (χ0v) is 17.1. The molecule has 0 nitrogen and oxygen atoms in total. The molecule has 0 radical (unpaired) electrons. The van der Waals surface area contributed by atoms with Gasteiger partial charge in [0, 0.05) is 4.47 Å². The zero-order valence-electron chi connectivity index (χ0n) is 15.5. The highest BCUT2D eigenvalue weighted by Gasteiger charge is 2.19. The Morgan fingerprint density at radius 3 is 1.76 bits per heavy atom. The van der Waals surface area contributed by atoms with Crippen LogP contribution in [0, 0.1) is 0 Å². The predicted molar refractivity (Wildman–Crippen MR) is 130 cm³/mol. The van der Waals surface area contributed by atoms with E-state index in [0.29, 0.717) is 0 Å². The lowest BCUT2D eigenvalue weighted by atomic mass is 9.85. The van der Waals surface area contributed by atoms with Gasteiger partial charge in [0.1, 0.15) is 0 Å². The van der Waals surface area contributed by atoms with E-state index in [-0.39, 0.29) is 0 Å². The minimum Gasteiger partial charge on any atom is -0.0616 e. The van der Waals surface area contributed by atoms with Crippen molar-refractivity contribution in [2.75, 3.05) is 0 Å². The van der Waals surface area contributed by atoms with Gasteiger partial charge in [-0.3, -0.25) is 0 Å². The van der Waals surface area contributed by atoms with Gasteiger partial charge in [-0.05, 0) is 86.6 Å². The second kappa shape index (κ2) is 5.46. The van der Waals surface area contributed by atoms with Gasteiger partial charge in [-0.25, -0.2) is 0 Å². The van der Waals surface area contributed by atoms with Crippen LogP contribution in [0.15, 0.2) is 95.5 Å². The van der Waals surface area contributed by atoms with Crippen LogP contribution in [0.4, 0.5) is 0 Å². The highest BCUT2D eigenvalue weighted by atomic mass is 79.9. The first-order valence-electron chi connectivity index (χ1n) is 9.91. The van der Waals surface area contributed by atoms with E-state index in [2.05, 4.69) is 107 Å². The van der Waals surface area contributed by atoms with Crippen molar-refractivity contribution in [3.8, 4) is 0 Å². The van der Waals surface area contributed by atoms with Crippen LogP contribution >= 0.6 is 15.9 Å². The molecule has 0 saturated heterocycles. The van der Waals surface area contributed by atoms with E-state index in [1.54, 1.807) is 0 Å². The Morgan fingerprint density at radius 2 is 0.897 bits per heavy atom. The van der Waals surface area contributed by atoms with Crippen molar-refractivity contribution >= 4 is 80.6 Å². The number of fused-ring (bicyclic) bond motifs is 6. The minimum absolute atomic E-state index is 1.18. The summed E-state index contributed by atoms with van der Waals surface area (Å²) in [5, 5.41) is 15.9. The number of hydrogen-bond acceptors (Lipinski definition) is 0. The molecule has 0 aliphatic heterocycles. The SMILES string of the molecule is Brc1c2ccccc2c2c3c1cccc3c1cccc3cc4ccccc4c2c31. The van der Waals surface area contributed by atoms with Crippen LogP contribution < -0.4 is 0 Å². The van der Waals surface area contributed by atoms with Gasteiger partial charge < -0.3 is 0 Å². The third-order valence-corrected chi connectivity index (χ3v) is 7.27. The summed E-state index contributed by atoms with van der Waals surface area (Å²) in [6.45, 7) is 0. The topological polar surface area (TPSA) is 0 Å². The van der Waals surface area contributed by atoms with E-state index in [0.717, 1.165) is 0 Å². The van der Waals surface area contributed by atoms with Crippen molar-refractivity contribution in [1.82, 2.24) is 0 Å². The molecule has 134 valence electrons. The fourth-order valence-corrected chi connectivity index (χ4v) is 5.94. The predicted octanol–water partition coefficient (Wildman–Crippen LogP) is 8.81. The molecule has 0 aromatic heterocycles. The second-order valence-corrected chi connectivity index (χ2v) is 8.63. The smallest absolute Gasteiger partial charge is 0.0332 e. The quantitative estimate of drug-likeness (QED) is 0.166. The molecule has 0 atom stereocenters. The van der Waals surface area contributed by atoms with E-state index >= 15 is 0 Å².